The summed E-state index contributed by atoms with van der Waals surface area (Å²) in [5.41, 5.74) is 0.336. The SMILES string of the molecule is Cn1cnc([N+](=O)[O-])c1CC#N. The number of rotatable bonds is 2. The van der Waals surface area contributed by atoms with E-state index >= 15 is 0 Å². The number of imidazole rings is 1. The molecule has 0 saturated heterocycles. The maximum atomic E-state index is 10.3. The van der Waals surface area contributed by atoms with Crippen molar-refractivity contribution in [1.82, 2.24) is 9.55 Å². The van der Waals surface area contributed by atoms with Crippen LogP contribution in [0.15, 0.2) is 6.33 Å². The van der Waals surface area contributed by atoms with Crippen molar-refractivity contribution in [3.63, 3.8) is 0 Å². The molecule has 0 N–H and O–H groups in total. The fraction of sp³-hybridized carbons (Fsp3) is 0.333. The van der Waals surface area contributed by atoms with Crippen molar-refractivity contribution in [2.24, 2.45) is 7.05 Å². The summed E-state index contributed by atoms with van der Waals surface area (Å²) in [6.45, 7) is 0. The largest absolute Gasteiger partial charge is 0.385 e. The average molecular weight is 166 g/mol. The zero-order valence-corrected chi connectivity index (χ0v) is 6.39. The molecule has 0 atom stereocenters. The van der Waals surface area contributed by atoms with Gasteiger partial charge in [0, 0.05) is 7.05 Å². The van der Waals surface area contributed by atoms with E-state index in [4.69, 9.17) is 5.26 Å². The van der Waals surface area contributed by atoms with Gasteiger partial charge in [-0.1, -0.05) is 0 Å². The van der Waals surface area contributed by atoms with Gasteiger partial charge in [0.15, 0.2) is 0 Å². The zero-order chi connectivity index (χ0) is 9.14. The molecule has 6 nitrogen and oxygen atoms in total. The lowest BCUT2D eigenvalue weighted by Crippen LogP contribution is -1.98. The van der Waals surface area contributed by atoms with Gasteiger partial charge >= 0.3 is 5.82 Å². The van der Waals surface area contributed by atoms with Gasteiger partial charge in [0.05, 0.1) is 12.5 Å². The second-order valence-electron chi connectivity index (χ2n) is 2.22. The van der Waals surface area contributed by atoms with Gasteiger partial charge in [-0.15, -0.1) is 0 Å². The van der Waals surface area contributed by atoms with Gasteiger partial charge in [0.2, 0.25) is 6.33 Å². The van der Waals surface area contributed by atoms with E-state index < -0.39 is 4.92 Å². The predicted octanol–water partition coefficient (Wildman–Crippen LogP) is 0.394. The molecule has 0 radical (unpaired) electrons. The first kappa shape index (κ1) is 8.20. The van der Waals surface area contributed by atoms with Crippen LogP contribution in [0.3, 0.4) is 0 Å². The highest BCUT2D eigenvalue weighted by atomic mass is 16.6. The Morgan fingerprint density at radius 1 is 1.92 bits per heavy atom. The summed E-state index contributed by atoms with van der Waals surface area (Å²) in [5, 5.41) is 18.7. The lowest BCUT2D eigenvalue weighted by molar-refractivity contribution is -0.390. The summed E-state index contributed by atoms with van der Waals surface area (Å²) in [4.78, 5) is 13.3. The highest BCUT2D eigenvalue weighted by Gasteiger charge is 2.18. The van der Waals surface area contributed by atoms with Crippen molar-refractivity contribution in [3.8, 4) is 6.07 Å². The van der Waals surface area contributed by atoms with Crippen LogP contribution in [0.2, 0.25) is 0 Å². The van der Waals surface area contributed by atoms with Crippen LogP contribution in [0.1, 0.15) is 5.69 Å². The number of nitro groups is 1. The summed E-state index contributed by atoms with van der Waals surface area (Å²) < 4.78 is 1.47. The Morgan fingerprint density at radius 2 is 2.58 bits per heavy atom. The van der Waals surface area contributed by atoms with Crippen molar-refractivity contribution >= 4 is 5.82 Å². The fourth-order valence-electron chi connectivity index (χ4n) is 0.874. The Morgan fingerprint density at radius 3 is 3.08 bits per heavy atom. The minimum Gasteiger partial charge on any atom is -0.358 e. The Labute approximate surface area is 68.2 Å². The Kier molecular flexibility index (Phi) is 2.05. The maximum Gasteiger partial charge on any atom is 0.385 e. The van der Waals surface area contributed by atoms with E-state index in [2.05, 4.69) is 4.98 Å². The Balaban J connectivity index is 3.14. The molecule has 0 saturated carbocycles. The molecule has 0 bridgehead atoms. The third-order valence-electron chi connectivity index (χ3n) is 1.46. The van der Waals surface area contributed by atoms with Crippen LogP contribution in [0.4, 0.5) is 5.82 Å². The quantitative estimate of drug-likeness (QED) is 0.470. The van der Waals surface area contributed by atoms with Gasteiger partial charge in [-0.2, -0.15) is 5.26 Å². The van der Waals surface area contributed by atoms with E-state index in [-0.39, 0.29) is 12.2 Å². The van der Waals surface area contributed by atoms with Gasteiger partial charge in [0.1, 0.15) is 5.69 Å². The van der Waals surface area contributed by atoms with Crippen LogP contribution in [0, 0.1) is 21.4 Å². The Hall–Kier alpha value is -1.90. The van der Waals surface area contributed by atoms with Crippen LogP contribution < -0.4 is 0 Å². The highest BCUT2D eigenvalue weighted by Crippen LogP contribution is 2.14. The number of aryl methyl sites for hydroxylation is 1. The molecule has 0 spiro atoms. The molecule has 12 heavy (non-hydrogen) atoms. The summed E-state index contributed by atoms with van der Waals surface area (Å²) >= 11 is 0. The minimum absolute atomic E-state index is 0.00676. The van der Waals surface area contributed by atoms with E-state index in [0.29, 0.717) is 5.69 Å². The normalized spacial score (nSPS) is 9.33. The van der Waals surface area contributed by atoms with Gasteiger partial charge in [0.25, 0.3) is 0 Å². The van der Waals surface area contributed by atoms with Crippen molar-refractivity contribution in [1.29, 1.82) is 5.26 Å². The number of nitriles is 1. The molecule has 6 heteroatoms. The average Bonchev–Trinajstić information content (AvgIpc) is 2.34. The first-order chi connectivity index (χ1) is 5.66. The molecule has 1 rings (SSSR count). The molecule has 0 unspecified atom stereocenters. The first-order valence-electron chi connectivity index (χ1n) is 3.18. The summed E-state index contributed by atoms with van der Waals surface area (Å²) in [6.07, 6.45) is 1.33. The van der Waals surface area contributed by atoms with Crippen LogP contribution in [0.25, 0.3) is 0 Å². The third-order valence-corrected chi connectivity index (χ3v) is 1.46. The summed E-state index contributed by atoms with van der Waals surface area (Å²) in [6, 6.07) is 1.84. The maximum absolute atomic E-state index is 10.3. The van der Waals surface area contributed by atoms with E-state index in [0.717, 1.165) is 0 Å². The molecule has 1 aromatic heterocycles. The van der Waals surface area contributed by atoms with Crippen molar-refractivity contribution in [3.05, 3.63) is 22.1 Å². The van der Waals surface area contributed by atoms with Crippen molar-refractivity contribution in [2.45, 2.75) is 6.42 Å². The molecule has 0 aliphatic heterocycles. The van der Waals surface area contributed by atoms with E-state index in [9.17, 15) is 10.1 Å². The molecule has 0 fully saturated rings. The lowest BCUT2D eigenvalue weighted by atomic mass is 10.3. The smallest absolute Gasteiger partial charge is 0.358 e. The van der Waals surface area contributed by atoms with Gasteiger partial charge in [-0.25, -0.2) is 0 Å². The molecule has 0 amide bonds. The highest BCUT2D eigenvalue weighted by molar-refractivity contribution is 5.29. The summed E-state index contributed by atoms with van der Waals surface area (Å²) in [7, 11) is 1.62. The molecule has 0 aliphatic carbocycles. The molecule has 1 heterocycles. The lowest BCUT2D eigenvalue weighted by Gasteiger charge is -1.94. The zero-order valence-electron chi connectivity index (χ0n) is 6.39. The number of hydrogen-bond acceptors (Lipinski definition) is 4. The Bertz CT molecular complexity index is 349. The van der Waals surface area contributed by atoms with E-state index in [1.54, 1.807) is 7.05 Å². The monoisotopic (exact) mass is 166 g/mol. The molecular weight excluding hydrogens is 160 g/mol. The van der Waals surface area contributed by atoms with Gasteiger partial charge in [-0.3, -0.25) is 0 Å². The number of nitrogens with zero attached hydrogens (tertiary/aromatic N) is 4. The standard InChI is InChI=1S/C6H6N4O2/c1-9-4-8-6(10(11)12)5(9)2-3-7/h4H,2H2,1H3. The van der Waals surface area contributed by atoms with Crippen molar-refractivity contribution in [2.75, 3.05) is 0 Å². The second kappa shape index (κ2) is 3.00. The van der Waals surface area contributed by atoms with Crippen LogP contribution in [-0.4, -0.2) is 14.5 Å². The molecule has 62 valence electrons. The minimum atomic E-state index is -0.591. The predicted molar refractivity (Wildman–Crippen MR) is 39.2 cm³/mol. The van der Waals surface area contributed by atoms with Crippen LogP contribution in [-0.2, 0) is 13.5 Å². The van der Waals surface area contributed by atoms with E-state index in [1.165, 1.54) is 10.9 Å². The van der Waals surface area contributed by atoms with Crippen LogP contribution in [0.5, 0.6) is 0 Å². The molecule has 0 aromatic carbocycles. The topological polar surface area (TPSA) is 84.8 Å². The number of aromatic nitrogens is 2. The van der Waals surface area contributed by atoms with E-state index in [1.807, 2.05) is 6.07 Å². The molecule has 0 aliphatic rings. The van der Waals surface area contributed by atoms with Gasteiger partial charge < -0.3 is 14.7 Å². The summed E-state index contributed by atoms with van der Waals surface area (Å²) in [5.74, 6) is -0.237. The van der Waals surface area contributed by atoms with Crippen molar-refractivity contribution < 1.29 is 4.92 Å². The van der Waals surface area contributed by atoms with Crippen LogP contribution >= 0.6 is 0 Å². The fourth-order valence-corrected chi connectivity index (χ4v) is 0.874. The molecule has 1 aromatic rings. The third kappa shape index (κ3) is 1.25. The molecular formula is C6H6N4O2. The first-order valence-corrected chi connectivity index (χ1v) is 3.18. The second-order valence-corrected chi connectivity index (χ2v) is 2.22. The number of hydrogen-bond donors (Lipinski definition) is 0. The van der Waals surface area contributed by atoms with Gasteiger partial charge in [-0.05, 0) is 9.91 Å².